The van der Waals surface area contributed by atoms with Crippen molar-refractivity contribution in [2.45, 2.75) is 30.9 Å². The Morgan fingerprint density at radius 3 is 2.57 bits per heavy atom. The lowest BCUT2D eigenvalue weighted by Gasteiger charge is -2.30. The minimum absolute atomic E-state index is 0.00697. The van der Waals surface area contributed by atoms with Crippen LogP contribution in [-0.4, -0.2) is 55.3 Å². The van der Waals surface area contributed by atoms with Gasteiger partial charge in [-0.15, -0.1) is 0 Å². The minimum atomic E-state index is -2.61. The van der Waals surface area contributed by atoms with Crippen molar-refractivity contribution >= 4 is 5.78 Å². The number of aliphatic hydroxyl groups is 2. The highest BCUT2D eigenvalue weighted by Gasteiger charge is 2.68. The Morgan fingerprint density at radius 1 is 1.36 bits per heavy atom. The second kappa shape index (κ2) is 7.11. The number of ketones is 1. The molecule has 1 unspecified atom stereocenters. The number of nitrogens with one attached hydrogen (secondary N) is 1. The zero-order valence-electron chi connectivity index (χ0n) is 14.6. The first-order valence-electron chi connectivity index (χ1n) is 8.27. The molecule has 1 aliphatic rings. The van der Waals surface area contributed by atoms with E-state index in [1.54, 1.807) is 6.07 Å². The Hall–Kier alpha value is -3.15. The number of hydrogen-bond acceptors (Lipinski definition) is 8. The standard InChI is InChI=1S/C17H17N3O8/c1-9-7-19(16(25)18-15(9)24)17(14(23)10-5-3-2-4-6-10)13(20(26)27)12(22)11(8-21)28-17/h2-7,11-13,21-22H,8H2,1H3,(H,18,24,25)/t11-,12-,13?,17+/m1/s1. The van der Waals surface area contributed by atoms with Crippen LogP contribution >= 0.6 is 0 Å². The fourth-order valence-electron chi connectivity index (χ4n) is 3.32. The SMILES string of the molecule is Cc1cn([C@]2(C(=O)c3ccccc3)O[C@H](CO)[C@@H](O)C2[N+](=O)[O-])c(=O)[nH]c1=O. The fraction of sp³-hybridized carbons (Fsp3) is 0.353. The molecular weight excluding hydrogens is 374 g/mol. The van der Waals surface area contributed by atoms with Gasteiger partial charge in [-0.25, -0.2) is 4.79 Å². The van der Waals surface area contributed by atoms with Gasteiger partial charge in [-0.1, -0.05) is 30.3 Å². The number of aromatic amines is 1. The van der Waals surface area contributed by atoms with Crippen molar-refractivity contribution < 1.29 is 24.7 Å². The lowest BCUT2D eigenvalue weighted by atomic mass is 9.91. The van der Waals surface area contributed by atoms with Gasteiger partial charge in [-0.3, -0.25) is 29.3 Å². The molecule has 1 aromatic carbocycles. The maximum absolute atomic E-state index is 13.4. The zero-order valence-corrected chi connectivity index (χ0v) is 14.6. The number of hydrogen-bond donors (Lipinski definition) is 3. The van der Waals surface area contributed by atoms with Gasteiger partial charge in [-0.05, 0) is 6.92 Å². The number of aryl methyl sites for hydroxylation is 1. The molecule has 0 saturated carbocycles. The topological polar surface area (TPSA) is 165 Å². The maximum Gasteiger partial charge on any atom is 0.331 e. The normalized spacial score (nSPS) is 26.9. The van der Waals surface area contributed by atoms with Crippen molar-refractivity contribution in [3.05, 3.63) is 78.6 Å². The van der Waals surface area contributed by atoms with E-state index in [4.69, 9.17) is 4.74 Å². The Kier molecular flexibility index (Phi) is 4.98. The molecule has 1 aliphatic heterocycles. The van der Waals surface area contributed by atoms with E-state index in [1.807, 2.05) is 4.98 Å². The summed E-state index contributed by atoms with van der Waals surface area (Å²) in [4.78, 5) is 50.4. The number of nitrogens with zero attached hydrogens (tertiary/aromatic N) is 2. The number of carbonyl (C=O) groups is 1. The third-order valence-electron chi connectivity index (χ3n) is 4.68. The van der Waals surface area contributed by atoms with Gasteiger partial charge in [0, 0.05) is 22.2 Å². The number of ether oxygens (including phenoxy) is 1. The molecule has 0 amide bonds. The quantitative estimate of drug-likeness (QED) is 0.324. The van der Waals surface area contributed by atoms with Crippen LogP contribution in [-0.2, 0) is 10.5 Å². The number of benzene rings is 1. The molecular formula is C17H17N3O8. The number of Topliss-reactive ketones (excluding diaryl/α,β-unsaturated/α-hetero) is 1. The van der Waals surface area contributed by atoms with Crippen LogP contribution in [0, 0.1) is 17.0 Å². The van der Waals surface area contributed by atoms with E-state index in [-0.39, 0.29) is 11.1 Å². The van der Waals surface area contributed by atoms with Gasteiger partial charge in [0.05, 0.1) is 6.61 Å². The predicted octanol–water partition coefficient (Wildman–Crippen LogP) is -1.22. The number of aliphatic hydroxyl groups excluding tert-OH is 2. The van der Waals surface area contributed by atoms with E-state index in [2.05, 4.69) is 0 Å². The molecule has 0 bridgehead atoms. The number of H-pyrrole nitrogens is 1. The van der Waals surface area contributed by atoms with E-state index in [1.165, 1.54) is 31.2 Å². The number of nitro groups is 1. The van der Waals surface area contributed by atoms with Crippen LogP contribution in [0.15, 0.2) is 46.1 Å². The lowest BCUT2D eigenvalue weighted by molar-refractivity contribution is -0.548. The summed E-state index contributed by atoms with van der Waals surface area (Å²) in [6, 6.07) is 5.26. The molecule has 0 spiro atoms. The first-order valence-corrected chi connectivity index (χ1v) is 8.27. The molecule has 3 rings (SSSR count). The summed E-state index contributed by atoms with van der Waals surface area (Å²) in [5.41, 5.74) is -4.50. The Balaban J connectivity index is 2.36. The van der Waals surface area contributed by atoms with Crippen LogP contribution in [0.5, 0.6) is 0 Å². The minimum Gasteiger partial charge on any atom is -0.394 e. The number of carbonyl (C=O) groups excluding carboxylic acids is 1. The molecule has 3 N–H and O–H groups in total. The summed E-state index contributed by atoms with van der Waals surface area (Å²) >= 11 is 0. The molecule has 0 radical (unpaired) electrons. The Labute approximate surface area is 157 Å². The summed E-state index contributed by atoms with van der Waals surface area (Å²) < 4.78 is 6.11. The molecule has 1 saturated heterocycles. The highest BCUT2D eigenvalue weighted by atomic mass is 16.6. The molecule has 28 heavy (non-hydrogen) atoms. The van der Waals surface area contributed by atoms with E-state index in [0.717, 1.165) is 6.20 Å². The maximum atomic E-state index is 13.4. The van der Waals surface area contributed by atoms with E-state index < -0.39 is 52.5 Å². The number of rotatable bonds is 5. The van der Waals surface area contributed by atoms with Gasteiger partial charge in [0.2, 0.25) is 5.78 Å². The molecule has 1 fully saturated rings. The molecule has 2 aromatic rings. The monoisotopic (exact) mass is 391 g/mol. The van der Waals surface area contributed by atoms with E-state index in [9.17, 15) is 34.7 Å². The molecule has 11 nitrogen and oxygen atoms in total. The van der Waals surface area contributed by atoms with Gasteiger partial charge in [0.25, 0.3) is 17.3 Å². The van der Waals surface area contributed by atoms with E-state index >= 15 is 0 Å². The third kappa shape index (κ3) is 2.85. The molecule has 148 valence electrons. The van der Waals surface area contributed by atoms with Crippen LogP contribution in [0.25, 0.3) is 0 Å². The first kappa shape index (κ1) is 19.6. The highest BCUT2D eigenvalue weighted by Crippen LogP contribution is 2.39. The summed E-state index contributed by atoms with van der Waals surface area (Å²) in [6.07, 6.45) is -2.42. The zero-order chi connectivity index (χ0) is 20.6. The molecule has 4 atom stereocenters. The first-order chi connectivity index (χ1) is 13.2. The van der Waals surface area contributed by atoms with Crippen molar-refractivity contribution in [2.24, 2.45) is 0 Å². The van der Waals surface area contributed by atoms with Crippen LogP contribution in [0.2, 0.25) is 0 Å². The summed E-state index contributed by atoms with van der Waals surface area (Å²) in [5.74, 6) is -0.974. The van der Waals surface area contributed by atoms with Crippen molar-refractivity contribution in [3.8, 4) is 0 Å². The molecule has 0 aliphatic carbocycles. The average molecular weight is 391 g/mol. The Morgan fingerprint density at radius 2 is 2.00 bits per heavy atom. The summed E-state index contributed by atoms with van der Waals surface area (Å²) in [7, 11) is 0. The second-order valence-electron chi connectivity index (χ2n) is 6.39. The van der Waals surface area contributed by atoms with Gasteiger partial charge in [-0.2, -0.15) is 0 Å². The average Bonchev–Trinajstić information content (AvgIpc) is 2.98. The van der Waals surface area contributed by atoms with Crippen molar-refractivity contribution in [2.75, 3.05) is 6.61 Å². The summed E-state index contributed by atoms with van der Waals surface area (Å²) in [5, 5.41) is 31.6. The van der Waals surface area contributed by atoms with Gasteiger partial charge in [0.1, 0.15) is 6.10 Å². The molecule has 2 heterocycles. The number of aromatic nitrogens is 2. The molecule has 11 heteroatoms. The third-order valence-corrected chi connectivity index (χ3v) is 4.68. The molecule has 1 aromatic heterocycles. The van der Waals surface area contributed by atoms with Crippen LogP contribution in [0.3, 0.4) is 0 Å². The lowest BCUT2D eigenvalue weighted by Crippen LogP contribution is -2.59. The van der Waals surface area contributed by atoms with Gasteiger partial charge in [0.15, 0.2) is 6.10 Å². The van der Waals surface area contributed by atoms with Crippen molar-refractivity contribution in [1.29, 1.82) is 0 Å². The largest absolute Gasteiger partial charge is 0.394 e. The fourth-order valence-corrected chi connectivity index (χ4v) is 3.32. The van der Waals surface area contributed by atoms with Crippen molar-refractivity contribution in [3.63, 3.8) is 0 Å². The van der Waals surface area contributed by atoms with Gasteiger partial charge < -0.3 is 14.9 Å². The predicted molar refractivity (Wildman–Crippen MR) is 93.6 cm³/mol. The Bertz CT molecular complexity index is 1030. The summed E-state index contributed by atoms with van der Waals surface area (Å²) in [6.45, 7) is 0.512. The second-order valence-corrected chi connectivity index (χ2v) is 6.39. The van der Waals surface area contributed by atoms with Crippen molar-refractivity contribution in [1.82, 2.24) is 9.55 Å². The van der Waals surface area contributed by atoms with Crippen LogP contribution in [0.1, 0.15) is 15.9 Å². The van der Waals surface area contributed by atoms with Gasteiger partial charge >= 0.3 is 5.69 Å². The smallest absolute Gasteiger partial charge is 0.331 e. The van der Waals surface area contributed by atoms with Crippen LogP contribution in [0.4, 0.5) is 0 Å². The highest BCUT2D eigenvalue weighted by molar-refractivity contribution is 6.01. The van der Waals surface area contributed by atoms with E-state index in [0.29, 0.717) is 4.57 Å². The van der Waals surface area contributed by atoms with Crippen LogP contribution < -0.4 is 11.2 Å².